The van der Waals surface area contributed by atoms with Gasteiger partial charge in [-0.3, -0.25) is 0 Å². The Bertz CT molecular complexity index is 278. The molecule has 0 atom stereocenters. The van der Waals surface area contributed by atoms with Crippen LogP contribution < -0.4 is 5.73 Å². The number of benzene rings is 1. The first kappa shape index (κ1) is 7.16. The number of fused-ring (bicyclic) bond motifs is 1. The minimum atomic E-state index is 0. The Morgan fingerprint density at radius 1 is 1.10 bits per heavy atom. The molecule has 1 aliphatic carbocycles. The van der Waals surface area contributed by atoms with E-state index in [0.717, 1.165) is 5.70 Å². The van der Waals surface area contributed by atoms with Crippen LogP contribution in [0.5, 0.6) is 0 Å². The maximum Gasteiger partial charge on any atom is 0.0399 e. The van der Waals surface area contributed by atoms with Crippen LogP contribution in [0.25, 0.3) is 11.8 Å². The van der Waals surface area contributed by atoms with Gasteiger partial charge in [0.05, 0.1) is 0 Å². The summed E-state index contributed by atoms with van der Waals surface area (Å²) in [6.45, 7) is 0. The summed E-state index contributed by atoms with van der Waals surface area (Å²) >= 11 is 0. The topological polar surface area (TPSA) is 26.0 Å². The number of halogens is 1. The lowest BCUT2D eigenvalue weighted by Crippen LogP contribution is -2.05. The van der Waals surface area contributed by atoms with Gasteiger partial charge in [-0.1, -0.05) is 24.3 Å². The maximum atomic E-state index is 5.55. The van der Waals surface area contributed by atoms with Crippen molar-refractivity contribution in [3.8, 4) is 0 Å². The van der Waals surface area contributed by atoms with Crippen molar-refractivity contribution in [3.63, 3.8) is 0 Å². The standard InChI is InChI=1S/C8H7N.ClH/c9-8-5-6-3-1-2-4-7(6)8;/h1-5H,9H2;1H. The Balaban J connectivity index is 0.000000500. The van der Waals surface area contributed by atoms with Gasteiger partial charge in [0.25, 0.3) is 0 Å². The van der Waals surface area contributed by atoms with Crippen LogP contribution in [-0.2, 0) is 0 Å². The Hall–Kier alpha value is -0.950. The summed E-state index contributed by atoms with van der Waals surface area (Å²) in [6.07, 6.45) is 1.98. The van der Waals surface area contributed by atoms with Crippen molar-refractivity contribution in [3.05, 3.63) is 35.4 Å². The number of hydrogen-bond acceptors (Lipinski definition) is 1. The van der Waals surface area contributed by atoms with E-state index in [9.17, 15) is 0 Å². The molecule has 0 fully saturated rings. The predicted octanol–water partition coefficient (Wildman–Crippen LogP) is 1.88. The SMILES string of the molecule is Cl.NC1=Cc2ccccc21. The molecule has 0 heterocycles. The van der Waals surface area contributed by atoms with Crippen LogP contribution in [0, 0.1) is 0 Å². The molecule has 0 radical (unpaired) electrons. The Kier molecular flexibility index (Phi) is 1.68. The fourth-order valence-electron chi connectivity index (χ4n) is 1.05. The van der Waals surface area contributed by atoms with E-state index in [1.807, 2.05) is 24.3 Å². The van der Waals surface area contributed by atoms with E-state index in [1.54, 1.807) is 0 Å². The third kappa shape index (κ3) is 0.792. The molecule has 0 amide bonds. The summed E-state index contributed by atoms with van der Waals surface area (Å²) < 4.78 is 0. The van der Waals surface area contributed by atoms with Gasteiger partial charge in [-0.2, -0.15) is 0 Å². The summed E-state index contributed by atoms with van der Waals surface area (Å²) in [6, 6.07) is 8.11. The van der Waals surface area contributed by atoms with Crippen molar-refractivity contribution in [2.24, 2.45) is 5.73 Å². The van der Waals surface area contributed by atoms with E-state index in [-0.39, 0.29) is 12.4 Å². The molecule has 52 valence electrons. The van der Waals surface area contributed by atoms with Crippen LogP contribution in [0.1, 0.15) is 11.1 Å². The van der Waals surface area contributed by atoms with Crippen LogP contribution in [0.3, 0.4) is 0 Å². The summed E-state index contributed by atoms with van der Waals surface area (Å²) in [5.74, 6) is 0. The summed E-state index contributed by atoms with van der Waals surface area (Å²) in [4.78, 5) is 0. The van der Waals surface area contributed by atoms with Crippen LogP contribution in [-0.4, -0.2) is 0 Å². The monoisotopic (exact) mass is 153 g/mol. The highest BCUT2D eigenvalue weighted by Crippen LogP contribution is 2.26. The van der Waals surface area contributed by atoms with Gasteiger partial charge in [-0.05, 0) is 11.6 Å². The summed E-state index contributed by atoms with van der Waals surface area (Å²) in [5.41, 5.74) is 8.91. The minimum absolute atomic E-state index is 0. The second kappa shape index (κ2) is 2.35. The highest BCUT2D eigenvalue weighted by molar-refractivity contribution is 5.93. The molecule has 0 saturated carbocycles. The van der Waals surface area contributed by atoms with Crippen molar-refractivity contribution in [1.82, 2.24) is 0 Å². The third-order valence-corrected chi connectivity index (χ3v) is 1.58. The lowest BCUT2D eigenvalue weighted by molar-refractivity contribution is 1.45. The molecule has 1 aromatic carbocycles. The zero-order valence-corrected chi connectivity index (χ0v) is 6.19. The molecule has 1 aromatic rings. The molecular formula is C8H8ClN. The van der Waals surface area contributed by atoms with Crippen molar-refractivity contribution < 1.29 is 0 Å². The molecule has 0 spiro atoms. The molecule has 2 rings (SSSR count). The second-order valence-electron chi connectivity index (χ2n) is 2.19. The fraction of sp³-hybridized carbons (Fsp3) is 0. The molecule has 0 aliphatic heterocycles. The summed E-state index contributed by atoms with van der Waals surface area (Å²) in [7, 11) is 0. The van der Waals surface area contributed by atoms with Crippen LogP contribution >= 0.6 is 12.4 Å². The number of hydrogen-bond donors (Lipinski definition) is 1. The van der Waals surface area contributed by atoms with Gasteiger partial charge in [-0.25, -0.2) is 0 Å². The molecule has 0 saturated heterocycles. The van der Waals surface area contributed by atoms with Crippen LogP contribution in [0.15, 0.2) is 24.3 Å². The van der Waals surface area contributed by atoms with Crippen molar-refractivity contribution in [2.75, 3.05) is 0 Å². The quantitative estimate of drug-likeness (QED) is 0.605. The van der Waals surface area contributed by atoms with Crippen molar-refractivity contribution in [2.45, 2.75) is 0 Å². The van der Waals surface area contributed by atoms with Gasteiger partial charge in [0.2, 0.25) is 0 Å². The second-order valence-corrected chi connectivity index (χ2v) is 2.19. The zero-order chi connectivity index (χ0) is 6.27. The highest BCUT2D eigenvalue weighted by Gasteiger charge is 2.09. The maximum absolute atomic E-state index is 5.55. The van der Waals surface area contributed by atoms with Gasteiger partial charge in [-0.15, -0.1) is 12.4 Å². The molecule has 0 unspecified atom stereocenters. The smallest absolute Gasteiger partial charge is 0.0399 e. The molecule has 2 heteroatoms. The lowest BCUT2D eigenvalue weighted by Gasteiger charge is -2.14. The predicted molar refractivity (Wildman–Crippen MR) is 45.7 cm³/mol. The van der Waals surface area contributed by atoms with Gasteiger partial charge in [0, 0.05) is 11.3 Å². The lowest BCUT2D eigenvalue weighted by atomic mass is 9.95. The fourth-order valence-corrected chi connectivity index (χ4v) is 1.05. The summed E-state index contributed by atoms with van der Waals surface area (Å²) in [5, 5.41) is 0. The van der Waals surface area contributed by atoms with Gasteiger partial charge in [0.15, 0.2) is 0 Å². The van der Waals surface area contributed by atoms with Crippen LogP contribution in [0.4, 0.5) is 0 Å². The van der Waals surface area contributed by atoms with E-state index in [0.29, 0.717) is 0 Å². The Morgan fingerprint density at radius 2 is 1.80 bits per heavy atom. The van der Waals surface area contributed by atoms with Gasteiger partial charge >= 0.3 is 0 Å². The average Bonchev–Trinajstić information content (AvgIpc) is 1.86. The zero-order valence-electron chi connectivity index (χ0n) is 5.37. The first-order valence-corrected chi connectivity index (χ1v) is 2.94. The Labute approximate surface area is 66.0 Å². The van der Waals surface area contributed by atoms with Gasteiger partial charge in [0.1, 0.15) is 0 Å². The molecule has 2 N–H and O–H groups in total. The van der Waals surface area contributed by atoms with Crippen molar-refractivity contribution in [1.29, 1.82) is 0 Å². The number of nitrogens with two attached hydrogens (primary N) is 1. The number of rotatable bonds is 0. The van der Waals surface area contributed by atoms with E-state index in [4.69, 9.17) is 5.73 Å². The van der Waals surface area contributed by atoms with E-state index in [2.05, 4.69) is 6.07 Å². The van der Waals surface area contributed by atoms with Gasteiger partial charge < -0.3 is 5.73 Å². The molecular weight excluding hydrogens is 146 g/mol. The van der Waals surface area contributed by atoms with Crippen molar-refractivity contribution >= 4 is 24.2 Å². The molecule has 10 heavy (non-hydrogen) atoms. The first-order valence-electron chi connectivity index (χ1n) is 2.94. The highest BCUT2D eigenvalue weighted by atomic mass is 35.5. The molecule has 1 nitrogen and oxygen atoms in total. The molecule has 0 bridgehead atoms. The average molecular weight is 154 g/mol. The minimum Gasteiger partial charge on any atom is -0.398 e. The van der Waals surface area contributed by atoms with E-state index in [1.165, 1.54) is 11.1 Å². The van der Waals surface area contributed by atoms with E-state index < -0.39 is 0 Å². The van der Waals surface area contributed by atoms with Crippen LogP contribution in [0.2, 0.25) is 0 Å². The Morgan fingerprint density at radius 3 is 2.30 bits per heavy atom. The first-order chi connectivity index (χ1) is 4.38. The third-order valence-electron chi connectivity index (χ3n) is 1.58. The molecule has 0 aromatic heterocycles. The largest absolute Gasteiger partial charge is 0.398 e. The normalized spacial score (nSPS) is 12.2. The van der Waals surface area contributed by atoms with E-state index >= 15 is 0 Å². The molecule has 1 aliphatic rings.